The van der Waals surface area contributed by atoms with Gasteiger partial charge >= 0.3 is 0 Å². The number of carbonyl (C=O) groups excluding carboxylic acids is 2. The summed E-state index contributed by atoms with van der Waals surface area (Å²) in [7, 11) is 0. The fourth-order valence-electron chi connectivity index (χ4n) is 2.33. The number of nitrogens with zero attached hydrogens (tertiary/aromatic N) is 2. The highest BCUT2D eigenvalue weighted by molar-refractivity contribution is 7.18. The molecule has 0 aliphatic carbocycles. The Labute approximate surface area is 159 Å². The van der Waals surface area contributed by atoms with Crippen LogP contribution in [0.4, 0.5) is 9.52 Å². The van der Waals surface area contributed by atoms with Gasteiger partial charge in [-0.1, -0.05) is 35.1 Å². The SMILES string of the molecule is Cc1cccc(-c2nnc(NC(=O)[C@H](C)NC(=O)c3ccc(F)cc3)s2)c1. The molecule has 0 radical (unpaired) electrons. The van der Waals surface area contributed by atoms with E-state index in [2.05, 4.69) is 20.8 Å². The van der Waals surface area contributed by atoms with Crippen LogP contribution in [0.2, 0.25) is 0 Å². The van der Waals surface area contributed by atoms with E-state index in [1.807, 2.05) is 31.2 Å². The van der Waals surface area contributed by atoms with Crippen LogP contribution in [0.15, 0.2) is 48.5 Å². The molecule has 0 aliphatic rings. The third-order valence-electron chi connectivity index (χ3n) is 3.77. The molecule has 27 heavy (non-hydrogen) atoms. The van der Waals surface area contributed by atoms with Gasteiger partial charge in [0, 0.05) is 11.1 Å². The molecular formula is C19H17FN4O2S. The summed E-state index contributed by atoms with van der Waals surface area (Å²) in [5, 5.41) is 14.3. The first kappa shape index (κ1) is 18.7. The maximum atomic E-state index is 12.9. The predicted octanol–water partition coefficient (Wildman–Crippen LogP) is 3.41. The lowest BCUT2D eigenvalue weighted by Crippen LogP contribution is -2.41. The van der Waals surface area contributed by atoms with E-state index in [0.29, 0.717) is 10.1 Å². The zero-order chi connectivity index (χ0) is 19.4. The fraction of sp³-hybridized carbons (Fsp3) is 0.158. The van der Waals surface area contributed by atoms with Crippen molar-refractivity contribution >= 4 is 28.3 Å². The van der Waals surface area contributed by atoms with Gasteiger partial charge in [0.25, 0.3) is 5.91 Å². The van der Waals surface area contributed by atoms with Crippen molar-refractivity contribution in [3.8, 4) is 10.6 Å². The Morgan fingerprint density at radius 2 is 1.85 bits per heavy atom. The van der Waals surface area contributed by atoms with Crippen LogP contribution < -0.4 is 10.6 Å². The van der Waals surface area contributed by atoms with Crippen molar-refractivity contribution in [1.82, 2.24) is 15.5 Å². The number of hydrogen-bond donors (Lipinski definition) is 2. The number of amides is 2. The van der Waals surface area contributed by atoms with E-state index >= 15 is 0 Å². The number of halogens is 1. The van der Waals surface area contributed by atoms with Crippen molar-refractivity contribution in [2.75, 3.05) is 5.32 Å². The van der Waals surface area contributed by atoms with Crippen molar-refractivity contribution in [2.24, 2.45) is 0 Å². The molecule has 138 valence electrons. The summed E-state index contributed by atoms with van der Waals surface area (Å²) in [5.41, 5.74) is 2.30. The second-order valence-electron chi connectivity index (χ2n) is 5.97. The van der Waals surface area contributed by atoms with E-state index in [1.165, 1.54) is 35.6 Å². The first-order valence-corrected chi connectivity index (χ1v) is 9.02. The quantitative estimate of drug-likeness (QED) is 0.706. The lowest BCUT2D eigenvalue weighted by atomic mass is 10.1. The minimum absolute atomic E-state index is 0.272. The average molecular weight is 384 g/mol. The molecule has 0 saturated carbocycles. The summed E-state index contributed by atoms with van der Waals surface area (Å²) in [5.74, 6) is -1.31. The van der Waals surface area contributed by atoms with Gasteiger partial charge in [0.2, 0.25) is 11.0 Å². The molecule has 2 amide bonds. The summed E-state index contributed by atoms with van der Waals surface area (Å²) >= 11 is 1.25. The van der Waals surface area contributed by atoms with Crippen LogP contribution in [0.3, 0.4) is 0 Å². The number of benzene rings is 2. The van der Waals surface area contributed by atoms with Crippen molar-refractivity contribution in [3.63, 3.8) is 0 Å². The standard InChI is InChI=1S/C19H17FN4O2S/c1-11-4-3-5-14(10-11)18-23-24-19(27-18)22-16(25)12(2)21-17(26)13-6-8-15(20)9-7-13/h3-10,12H,1-2H3,(H,21,26)(H,22,24,25)/t12-/m0/s1. The molecule has 8 heteroatoms. The third kappa shape index (κ3) is 4.73. The van der Waals surface area contributed by atoms with Gasteiger partial charge in [-0.25, -0.2) is 4.39 Å². The van der Waals surface area contributed by atoms with E-state index in [9.17, 15) is 14.0 Å². The first-order chi connectivity index (χ1) is 12.9. The van der Waals surface area contributed by atoms with Crippen LogP contribution in [0.25, 0.3) is 10.6 Å². The van der Waals surface area contributed by atoms with Gasteiger partial charge in [0.05, 0.1) is 0 Å². The Bertz CT molecular complexity index is 972. The van der Waals surface area contributed by atoms with E-state index in [4.69, 9.17) is 0 Å². The summed E-state index contributed by atoms with van der Waals surface area (Å²) < 4.78 is 12.9. The van der Waals surface area contributed by atoms with Crippen LogP contribution >= 0.6 is 11.3 Å². The molecule has 0 saturated heterocycles. The number of anilines is 1. The molecule has 3 rings (SSSR count). The number of nitrogens with one attached hydrogen (secondary N) is 2. The molecular weight excluding hydrogens is 367 g/mol. The molecule has 6 nitrogen and oxygen atoms in total. The number of aryl methyl sites for hydroxylation is 1. The van der Waals surface area contributed by atoms with Crippen LogP contribution in [-0.4, -0.2) is 28.1 Å². The molecule has 2 aromatic carbocycles. The highest BCUT2D eigenvalue weighted by atomic mass is 32.1. The van der Waals surface area contributed by atoms with Crippen LogP contribution in [-0.2, 0) is 4.79 Å². The second-order valence-corrected chi connectivity index (χ2v) is 6.95. The van der Waals surface area contributed by atoms with Crippen molar-refractivity contribution in [3.05, 3.63) is 65.5 Å². The zero-order valence-corrected chi connectivity index (χ0v) is 15.5. The zero-order valence-electron chi connectivity index (χ0n) is 14.7. The van der Waals surface area contributed by atoms with Gasteiger partial charge in [-0.15, -0.1) is 10.2 Å². The highest BCUT2D eigenvalue weighted by Gasteiger charge is 2.18. The molecule has 0 unspecified atom stereocenters. The van der Waals surface area contributed by atoms with E-state index in [0.717, 1.165) is 11.1 Å². The third-order valence-corrected chi connectivity index (χ3v) is 4.66. The van der Waals surface area contributed by atoms with E-state index < -0.39 is 23.7 Å². The largest absolute Gasteiger partial charge is 0.341 e. The fourth-order valence-corrected chi connectivity index (χ4v) is 3.07. The lowest BCUT2D eigenvalue weighted by Gasteiger charge is -2.12. The topological polar surface area (TPSA) is 84.0 Å². The van der Waals surface area contributed by atoms with Crippen molar-refractivity contribution < 1.29 is 14.0 Å². The van der Waals surface area contributed by atoms with Crippen LogP contribution in [0.1, 0.15) is 22.8 Å². The molecule has 1 atom stereocenters. The minimum atomic E-state index is -0.797. The summed E-state index contributed by atoms with van der Waals surface area (Å²) in [6.45, 7) is 3.54. The highest BCUT2D eigenvalue weighted by Crippen LogP contribution is 2.26. The molecule has 2 N–H and O–H groups in total. The summed E-state index contributed by atoms with van der Waals surface area (Å²) in [6, 6.07) is 12.1. The number of carbonyl (C=O) groups is 2. The molecule has 0 fully saturated rings. The Hall–Kier alpha value is -3.13. The Morgan fingerprint density at radius 1 is 1.11 bits per heavy atom. The molecule has 0 spiro atoms. The summed E-state index contributed by atoms with van der Waals surface area (Å²) in [4.78, 5) is 24.4. The van der Waals surface area contributed by atoms with Crippen LogP contribution in [0.5, 0.6) is 0 Å². The predicted molar refractivity (Wildman–Crippen MR) is 102 cm³/mol. The van der Waals surface area contributed by atoms with E-state index in [1.54, 1.807) is 6.92 Å². The first-order valence-electron chi connectivity index (χ1n) is 8.20. The Kier molecular flexibility index (Phi) is 5.56. The van der Waals surface area contributed by atoms with Crippen molar-refractivity contribution in [2.45, 2.75) is 19.9 Å². The molecule has 3 aromatic rings. The van der Waals surface area contributed by atoms with Gasteiger partial charge < -0.3 is 5.32 Å². The van der Waals surface area contributed by atoms with Crippen molar-refractivity contribution in [1.29, 1.82) is 0 Å². The van der Waals surface area contributed by atoms with E-state index in [-0.39, 0.29) is 5.56 Å². The van der Waals surface area contributed by atoms with Gasteiger partial charge in [-0.05, 0) is 44.2 Å². The number of aromatic nitrogens is 2. The maximum absolute atomic E-state index is 12.9. The van der Waals surface area contributed by atoms with Gasteiger partial charge in [0.15, 0.2) is 0 Å². The van der Waals surface area contributed by atoms with Gasteiger partial charge in [-0.2, -0.15) is 0 Å². The van der Waals surface area contributed by atoms with Gasteiger partial charge in [0.1, 0.15) is 16.9 Å². The van der Waals surface area contributed by atoms with Crippen LogP contribution in [0, 0.1) is 12.7 Å². The normalized spacial score (nSPS) is 11.7. The molecule has 0 bridgehead atoms. The lowest BCUT2D eigenvalue weighted by molar-refractivity contribution is -0.117. The number of rotatable bonds is 5. The average Bonchev–Trinajstić information content (AvgIpc) is 3.10. The molecule has 1 heterocycles. The maximum Gasteiger partial charge on any atom is 0.251 e. The van der Waals surface area contributed by atoms with Gasteiger partial charge in [-0.3, -0.25) is 14.9 Å². The second kappa shape index (κ2) is 8.05. The molecule has 1 aromatic heterocycles. The Morgan fingerprint density at radius 3 is 2.56 bits per heavy atom. The Balaban J connectivity index is 1.61. The smallest absolute Gasteiger partial charge is 0.251 e. The minimum Gasteiger partial charge on any atom is -0.341 e. The molecule has 0 aliphatic heterocycles. The summed E-state index contributed by atoms with van der Waals surface area (Å²) in [6.07, 6.45) is 0. The monoisotopic (exact) mass is 384 g/mol. The number of hydrogen-bond acceptors (Lipinski definition) is 5.